The summed E-state index contributed by atoms with van der Waals surface area (Å²) in [6, 6.07) is 6.99. The number of nitrogens with one attached hydrogen (secondary N) is 1. The Morgan fingerprint density at radius 3 is 2.79 bits per heavy atom. The first-order valence-corrected chi connectivity index (χ1v) is 8.71. The van der Waals surface area contributed by atoms with Gasteiger partial charge in [0, 0.05) is 4.88 Å². The molecular formula is C18H20N2O3S. The minimum absolute atomic E-state index is 0.304. The van der Waals surface area contributed by atoms with Crippen LogP contribution in [-0.2, 0) is 12.8 Å². The van der Waals surface area contributed by atoms with Gasteiger partial charge in [0.25, 0.3) is 11.8 Å². The summed E-state index contributed by atoms with van der Waals surface area (Å²) in [6.07, 6.45) is 2.78. The number of hydrogen-bond donors (Lipinski definition) is 2. The maximum absolute atomic E-state index is 12.6. The molecule has 3 rings (SSSR count). The van der Waals surface area contributed by atoms with Gasteiger partial charge in [-0.2, -0.15) is 0 Å². The number of benzene rings is 1. The lowest BCUT2D eigenvalue weighted by Crippen LogP contribution is -2.19. The summed E-state index contributed by atoms with van der Waals surface area (Å²) in [7, 11) is 1.52. The highest BCUT2D eigenvalue weighted by atomic mass is 32.1. The van der Waals surface area contributed by atoms with Crippen molar-refractivity contribution in [1.29, 1.82) is 0 Å². The number of anilines is 1. The normalized spacial score (nSPS) is 16.3. The molecule has 0 unspecified atom stereocenters. The predicted molar refractivity (Wildman–Crippen MR) is 95.0 cm³/mol. The minimum atomic E-state index is -0.489. The van der Waals surface area contributed by atoms with Crippen LogP contribution in [0.15, 0.2) is 24.3 Å². The molecule has 1 aliphatic carbocycles. The summed E-state index contributed by atoms with van der Waals surface area (Å²) in [4.78, 5) is 25.7. The van der Waals surface area contributed by atoms with Crippen LogP contribution >= 0.6 is 11.3 Å². The van der Waals surface area contributed by atoms with Crippen LogP contribution in [0.1, 0.15) is 44.5 Å². The molecule has 1 atom stereocenters. The first-order valence-electron chi connectivity index (χ1n) is 7.90. The molecule has 1 aromatic carbocycles. The SMILES string of the molecule is COc1ccccc1C(=O)Nc1sc2c(c1C(N)=O)CC[C@@H](C)C2. The molecule has 0 spiro atoms. The number of thiophene rings is 1. The van der Waals surface area contributed by atoms with Crippen LogP contribution < -0.4 is 15.8 Å². The van der Waals surface area contributed by atoms with Crippen molar-refractivity contribution in [3.8, 4) is 5.75 Å². The molecule has 0 fully saturated rings. The summed E-state index contributed by atoms with van der Waals surface area (Å²) in [5.74, 6) is 0.277. The van der Waals surface area contributed by atoms with Gasteiger partial charge in [0.05, 0.1) is 18.2 Å². The molecule has 0 radical (unpaired) electrons. The third-order valence-electron chi connectivity index (χ3n) is 4.34. The van der Waals surface area contributed by atoms with Gasteiger partial charge in [0.1, 0.15) is 10.8 Å². The summed E-state index contributed by atoms with van der Waals surface area (Å²) in [5.41, 5.74) is 7.47. The number of fused-ring (bicyclic) bond motifs is 1. The molecule has 24 heavy (non-hydrogen) atoms. The number of carbonyl (C=O) groups excluding carboxylic acids is 2. The van der Waals surface area contributed by atoms with Crippen molar-refractivity contribution in [2.24, 2.45) is 11.7 Å². The molecule has 1 aromatic heterocycles. The van der Waals surface area contributed by atoms with Crippen molar-refractivity contribution in [3.63, 3.8) is 0 Å². The van der Waals surface area contributed by atoms with E-state index in [4.69, 9.17) is 10.5 Å². The maximum atomic E-state index is 12.6. The van der Waals surface area contributed by atoms with Crippen molar-refractivity contribution in [1.82, 2.24) is 0 Å². The number of rotatable bonds is 4. The van der Waals surface area contributed by atoms with E-state index in [1.54, 1.807) is 24.3 Å². The van der Waals surface area contributed by atoms with Crippen LogP contribution in [0.25, 0.3) is 0 Å². The van der Waals surface area contributed by atoms with E-state index in [1.165, 1.54) is 18.4 Å². The van der Waals surface area contributed by atoms with E-state index in [-0.39, 0.29) is 5.91 Å². The number of amides is 2. The van der Waals surface area contributed by atoms with Gasteiger partial charge in [-0.15, -0.1) is 11.3 Å². The Labute approximate surface area is 144 Å². The molecule has 5 nitrogen and oxygen atoms in total. The summed E-state index contributed by atoms with van der Waals surface area (Å²) >= 11 is 1.46. The minimum Gasteiger partial charge on any atom is -0.496 e. The molecule has 1 aliphatic rings. The highest BCUT2D eigenvalue weighted by molar-refractivity contribution is 7.17. The maximum Gasteiger partial charge on any atom is 0.260 e. The van der Waals surface area contributed by atoms with Gasteiger partial charge in [0.15, 0.2) is 0 Å². The number of hydrogen-bond acceptors (Lipinski definition) is 4. The molecule has 2 amide bonds. The van der Waals surface area contributed by atoms with Gasteiger partial charge < -0.3 is 15.8 Å². The van der Waals surface area contributed by atoms with Gasteiger partial charge in [-0.05, 0) is 42.9 Å². The molecule has 0 aliphatic heterocycles. The van der Waals surface area contributed by atoms with E-state index in [2.05, 4.69) is 12.2 Å². The molecule has 2 aromatic rings. The first-order chi connectivity index (χ1) is 11.5. The lowest BCUT2D eigenvalue weighted by atomic mass is 9.88. The van der Waals surface area contributed by atoms with Crippen LogP contribution in [0.5, 0.6) is 5.75 Å². The van der Waals surface area contributed by atoms with Crippen molar-refractivity contribution in [2.75, 3.05) is 12.4 Å². The third kappa shape index (κ3) is 3.01. The molecule has 1 heterocycles. The largest absolute Gasteiger partial charge is 0.496 e. The van der Waals surface area contributed by atoms with E-state index in [9.17, 15) is 9.59 Å². The molecule has 0 bridgehead atoms. The number of nitrogens with two attached hydrogens (primary N) is 1. The second-order valence-corrected chi connectivity index (χ2v) is 7.18. The van der Waals surface area contributed by atoms with Gasteiger partial charge in [0.2, 0.25) is 0 Å². The average Bonchev–Trinajstić information content (AvgIpc) is 2.91. The Morgan fingerprint density at radius 1 is 1.33 bits per heavy atom. The zero-order chi connectivity index (χ0) is 17.3. The third-order valence-corrected chi connectivity index (χ3v) is 5.51. The zero-order valence-electron chi connectivity index (χ0n) is 13.7. The zero-order valence-corrected chi connectivity index (χ0v) is 14.5. The van der Waals surface area contributed by atoms with Crippen molar-refractivity contribution in [3.05, 3.63) is 45.8 Å². The summed E-state index contributed by atoms with van der Waals surface area (Å²) < 4.78 is 5.23. The van der Waals surface area contributed by atoms with Gasteiger partial charge in [-0.1, -0.05) is 19.1 Å². The highest BCUT2D eigenvalue weighted by Gasteiger charge is 2.27. The summed E-state index contributed by atoms with van der Waals surface area (Å²) in [5, 5.41) is 3.39. The number of ether oxygens (including phenoxy) is 1. The Bertz CT molecular complexity index is 798. The lowest BCUT2D eigenvalue weighted by Gasteiger charge is -2.18. The monoisotopic (exact) mass is 344 g/mol. The van der Waals surface area contributed by atoms with E-state index in [1.807, 2.05) is 0 Å². The molecule has 6 heteroatoms. The number of methoxy groups -OCH3 is 1. The van der Waals surface area contributed by atoms with Crippen molar-refractivity contribution < 1.29 is 14.3 Å². The second kappa shape index (κ2) is 6.65. The molecule has 0 saturated heterocycles. The van der Waals surface area contributed by atoms with E-state index >= 15 is 0 Å². The quantitative estimate of drug-likeness (QED) is 0.893. The first kappa shape index (κ1) is 16.5. The molecular weight excluding hydrogens is 324 g/mol. The Kier molecular flexibility index (Phi) is 4.57. The fraction of sp³-hybridized carbons (Fsp3) is 0.333. The second-order valence-electron chi connectivity index (χ2n) is 6.07. The van der Waals surface area contributed by atoms with Crippen molar-refractivity contribution >= 4 is 28.2 Å². The van der Waals surface area contributed by atoms with Gasteiger partial charge >= 0.3 is 0 Å². The number of para-hydroxylation sites is 1. The molecule has 0 saturated carbocycles. The average molecular weight is 344 g/mol. The van der Waals surface area contributed by atoms with Gasteiger partial charge in [-0.25, -0.2) is 0 Å². The molecule has 3 N–H and O–H groups in total. The highest BCUT2D eigenvalue weighted by Crippen LogP contribution is 2.39. The Hall–Kier alpha value is -2.34. The van der Waals surface area contributed by atoms with E-state index in [0.717, 1.165) is 29.7 Å². The van der Waals surface area contributed by atoms with Crippen LogP contribution in [0.3, 0.4) is 0 Å². The van der Waals surface area contributed by atoms with Crippen LogP contribution in [0.4, 0.5) is 5.00 Å². The standard InChI is InChI=1S/C18H20N2O3S/c1-10-7-8-12-14(9-10)24-18(15(12)16(19)21)20-17(22)11-5-3-4-6-13(11)23-2/h3-6,10H,7-9H2,1-2H3,(H2,19,21)(H,20,22)/t10-/m1/s1. The fourth-order valence-electron chi connectivity index (χ4n) is 3.10. The predicted octanol–water partition coefficient (Wildman–Crippen LogP) is 3.23. The number of primary amides is 1. The van der Waals surface area contributed by atoms with Gasteiger partial charge in [-0.3, -0.25) is 9.59 Å². The smallest absolute Gasteiger partial charge is 0.260 e. The Balaban J connectivity index is 1.95. The van der Waals surface area contributed by atoms with Crippen LogP contribution in [0.2, 0.25) is 0 Å². The van der Waals surface area contributed by atoms with Crippen LogP contribution in [-0.4, -0.2) is 18.9 Å². The fourth-order valence-corrected chi connectivity index (χ4v) is 4.51. The van der Waals surface area contributed by atoms with Crippen LogP contribution in [0, 0.1) is 5.92 Å². The topological polar surface area (TPSA) is 81.4 Å². The summed E-state index contributed by atoms with van der Waals surface area (Å²) in [6.45, 7) is 2.19. The Morgan fingerprint density at radius 2 is 2.08 bits per heavy atom. The lowest BCUT2D eigenvalue weighted by molar-refractivity contribution is 0.1000. The van der Waals surface area contributed by atoms with E-state index < -0.39 is 5.91 Å². The molecule has 126 valence electrons. The van der Waals surface area contributed by atoms with E-state index in [0.29, 0.717) is 27.8 Å². The van der Waals surface area contributed by atoms with Crippen molar-refractivity contribution in [2.45, 2.75) is 26.2 Å². The number of carbonyl (C=O) groups is 2.